The van der Waals surface area contributed by atoms with Crippen molar-refractivity contribution in [1.82, 2.24) is 4.98 Å². The fourth-order valence-corrected chi connectivity index (χ4v) is 3.49. The van der Waals surface area contributed by atoms with Crippen LogP contribution in [0.25, 0.3) is 10.9 Å². The maximum atomic E-state index is 13.0. The summed E-state index contributed by atoms with van der Waals surface area (Å²) in [7, 11) is 3.16. The molecule has 1 aliphatic rings. The number of nitrogens with one attached hydrogen (secondary N) is 2. The number of fused-ring (bicyclic) bond motifs is 1. The van der Waals surface area contributed by atoms with Gasteiger partial charge in [0.1, 0.15) is 0 Å². The normalized spacial score (nSPS) is 14.1. The zero-order chi connectivity index (χ0) is 19.5. The monoisotopic (exact) mass is 381 g/mol. The fourth-order valence-electron chi connectivity index (χ4n) is 3.49. The molecule has 7 heteroatoms. The molecule has 0 spiro atoms. The number of morpholine rings is 1. The molecule has 1 aliphatic heterocycles. The lowest BCUT2D eigenvalue weighted by molar-refractivity contribution is 0.102. The maximum Gasteiger partial charge on any atom is 0.257 e. The maximum absolute atomic E-state index is 13.0. The molecule has 0 unspecified atom stereocenters. The number of H-pyrrole nitrogens is 1. The average molecular weight is 381 g/mol. The molecule has 0 saturated carbocycles. The molecule has 28 heavy (non-hydrogen) atoms. The van der Waals surface area contributed by atoms with E-state index in [9.17, 15) is 4.79 Å². The number of hydrogen-bond acceptors (Lipinski definition) is 5. The van der Waals surface area contributed by atoms with Gasteiger partial charge in [-0.15, -0.1) is 0 Å². The lowest BCUT2D eigenvalue weighted by atomic mass is 10.1. The number of rotatable bonds is 5. The molecule has 2 N–H and O–H groups in total. The van der Waals surface area contributed by atoms with E-state index in [1.54, 1.807) is 20.4 Å². The molecule has 1 aromatic heterocycles. The van der Waals surface area contributed by atoms with Crippen molar-refractivity contribution in [2.45, 2.75) is 0 Å². The first-order valence-corrected chi connectivity index (χ1v) is 9.17. The van der Waals surface area contributed by atoms with Gasteiger partial charge in [-0.2, -0.15) is 0 Å². The van der Waals surface area contributed by atoms with E-state index in [0.29, 0.717) is 30.3 Å². The summed E-state index contributed by atoms with van der Waals surface area (Å²) in [6, 6.07) is 11.5. The van der Waals surface area contributed by atoms with Gasteiger partial charge in [0.25, 0.3) is 5.91 Å². The molecule has 0 aliphatic carbocycles. The quantitative estimate of drug-likeness (QED) is 0.709. The topological polar surface area (TPSA) is 75.8 Å². The number of anilines is 2. The van der Waals surface area contributed by atoms with Crippen LogP contribution in [0.2, 0.25) is 0 Å². The van der Waals surface area contributed by atoms with E-state index in [1.807, 2.05) is 36.4 Å². The fraction of sp³-hybridized carbons (Fsp3) is 0.286. The lowest BCUT2D eigenvalue weighted by Crippen LogP contribution is -2.36. The number of para-hydroxylation sites is 2. The predicted octanol–water partition coefficient (Wildman–Crippen LogP) is 3.27. The molecular weight excluding hydrogens is 358 g/mol. The molecule has 2 heterocycles. The third-order valence-electron chi connectivity index (χ3n) is 4.93. The summed E-state index contributed by atoms with van der Waals surface area (Å²) in [5.41, 5.74) is 3.14. The summed E-state index contributed by atoms with van der Waals surface area (Å²) in [5, 5.41) is 3.83. The number of amides is 1. The van der Waals surface area contributed by atoms with E-state index in [1.165, 1.54) is 0 Å². The summed E-state index contributed by atoms with van der Waals surface area (Å²) < 4.78 is 16.1. The van der Waals surface area contributed by atoms with Crippen LogP contribution in [0.5, 0.6) is 11.5 Å². The van der Waals surface area contributed by atoms with Crippen molar-refractivity contribution in [1.29, 1.82) is 0 Å². The summed E-state index contributed by atoms with van der Waals surface area (Å²) in [5.74, 6) is 1.01. The molecule has 0 bridgehead atoms. The molecule has 0 atom stereocenters. The van der Waals surface area contributed by atoms with Crippen molar-refractivity contribution in [2.75, 3.05) is 50.7 Å². The Hall–Kier alpha value is -3.19. The Morgan fingerprint density at radius 2 is 1.82 bits per heavy atom. The summed E-state index contributed by atoms with van der Waals surface area (Å²) in [6.45, 7) is 2.98. The molecule has 146 valence electrons. The van der Waals surface area contributed by atoms with Crippen molar-refractivity contribution in [3.63, 3.8) is 0 Å². The van der Waals surface area contributed by atoms with Crippen LogP contribution in [-0.2, 0) is 4.74 Å². The number of methoxy groups -OCH3 is 2. The molecule has 7 nitrogen and oxygen atoms in total. The number of carbonyl (C=O) groups excluding carboxylic acids is 1. The number of hydrogen-bond donors (Lipinski definition) is 2. The first kappa shape index (κ1) is 18.2. The number of ether oxygens (including phenoxy) is 3. The van der Waals surface area contributed by atoms with Crippen molar-refractivity contribution in [3.05, 3.63) is 48.2 Å². The highest BCUT2D eigenvalue weighted by molar-refractivity contribution is 6.14. The van der Waals surface area contributed by atoms with Gasteiger partial charge in [-0.05, 0) is 18.2 Å². The highest BCUT2D eigenvalue weighted by Gasteiger charge is 2.19. The second-order valence-electron chi connectivity index (χ2n) is 6.53. The lowest BCUT2D eigenvalue weighted by Gasteiger charge is -2.30. The van der Waals surface area contributed by atoms with Crippen molar-refractivity contribution in [3.8, 4) is 11.5 Å². The Morgan fingerprint density at radius 3 is 2.57 bits per heavy atom. The Kier molecular flexibility index (Phi) is 5.08. The largest absolute Gasteiger partial charge is 0.493 e. The average Bonchev–Trinajstić information content (AvgIpc) is 3.16. The third-order valence-corrected chi connectivity index (χ3v) is 4.93. The molecule has 4 rings (SSSR count). The van der Waals surface area contributed by atoms with Gasteiger partial charge in [0, 0.05) is 30.7 Å². The predicted molar refractivity (Wildman–Crippen MR) is 109 cm³/mol. The highest BCUT2D eigenvalue weighted by Crippen LogP contribution is 2.34. The van der Waals surface area contributed by atoms with Gasteiger partial charge >= 0.3 is 0 Å². The molecule has 1 amide bonds. The Bertz CT molecular complexity index is 992. The van der Waals surface area contributed by atoms with Crippen LogP contribution in [0.4, 0.5) is 11.4 Å². The van der Waals surface area contributed by atoms with Crippen LogP contribution >= 0.6 is 0 Å². The second kappa shape index (κ2) is 7.82. The first-order chi connectivity index (χ1) is 13.7. The van der Waals surface area contributed by atoms with E-state index >= 15 is 0 Å². The smallest absolute Gasteiger partial charge is 0.257 e. The van der Waals surface area contributed by atoms with Crippen LogP contribution in [-0.4, -0.2) is 51.4 Å². The van der Waals surface area contributed by atoms with Crippen LogP contribution in [0.15, 0.2) is 42.6 Å². The third kappa shape index (κ3) is 3.36. The number of aromatic nitrogens is 1. The van der Waals surface area contributed by atoms with Gasteiger partial charge in [0.05, 0.1) is 49.9 Å². The number of carbonyl (C=O) groups is 1. The molecule has 3 aromatic rings. The van der Waals surface area contributed by atoms with E-state index in [4.69, 9.17) is 14.2 Å². The minimum absolute atomic E-state index is 0.181. The second-order valence-corrected chi connectivity index (χ2v) is 6.53. The first-order valence-electron chi connectivity index (χ1n) is 9.17. The molecule has 2 aromatic carbocycles. The Balaban J connectivity index is 1.64. The zero-order valence-electron chi connectivity index (χ0n) is 16.0. The number of nitrogens with zero attached hydrogens (tertiary/aromatic N) is 1. The molecule has 1 fully saturated rings. The number of benzene rings is 2. The van der Waals surface area contributed by atoms with Gasteiger partial charge in [0.15, 0.2) is 11.5 Å². The van der Waals surface area contributed by atoms with Crippen LogP contribution in [0.1, 0.15) is 10.4 Å². The SMILES string of the molecule is COc1cc2[nH]cc(C(=O)Nc3ccccc3N3CCOCC3)c2cc1OC. The van der Waals surface area contributed by atoms with Gasteiger partial charge < -0.3 is 29.4 Å². The van der Waals surface area contributed by atoms with Gasteiger partial charge in [0.2, 0.25) is 0 Å². The minimum atomic E-state index is -0.181. The van der Waals surface area contributed by atoms with E-state index in [-0.39, 0.29) is 5.91 Å². The van der Waals surface area contributed by atoms with Crippen molar-refractivity contribution >= 4 is 28.2 Å². The van der Waals surface area contributed by atoms with Gasteiger partial charge in [-0.1, -0.05) is 12.1 Å². The minimum Gasteiger partial charge on any atom is -0.493 e. The molecule has 0 radical (unpaired) electrons. The zero-order valence-corrected chi connectivity index (χ0v) is 16.0. The summed E-state index contributed by atoms with van der Waals surface area (Å²) in [6.07, 6.45) is 1.70. The van der Waals surface area contributed by atoms with E-state index in [2.05, 4.69) is 15.2 Å². The van der Waals surface area contributed by atoms with E-state index in [0.717, 1.165) is 35.4 Å². The van der Waals surface area contributed by atoms with Gasteiger partial charge in [-0.25, -0.2) is 0 Å². The highest BCUT2D eigenvalue weighted by atomic mass is 16.5. The molecular formula is C21H23N3O4. The Labute approximate surface area is 163 Å². The van der Waals surface area contributed by atoms with Crippen molar-refractivity contribution < 1.29 is 19.0 Å². The van der Waals surface area contributed by atoms with Crippen LogP contribution in [0.3, 0.4) is 0 Å². The van der Waals surface area contributed by atoms with Crippen LogP contribution < -0.4 is 19.7 Å². The summed E-state index contributed by atoms with van der Waals surface area (Å²) >= 11 is 0. The van der Waals surface area contributed by atoms with Crippen molar-refractivity contribution in [2.24, 2.45) is 0 Å². The number of aromatic amines is 1. The van der Waals surface area contributed by atoms with E-state index < -0.39 is 0 Å². The standard InChI is InChI=1S/C21H23N3O4/c1-26-19-11-14-15(13-22-17(14)12-20(19)27-2)21(25)23-16-5-3-4-6-18(16)24-7-9-28-10-8-24/h3-6,11-13,22H,7-10H2,1-2H3,(H,23,25). The molecule has 1 saturated heterocycles. The van der Waals surface area contributed by atoms with Gasteiger partial charge in [-0.3, -0.25) is 4.79 Å². The van der Waals surface area contributed by atoms with Crippen LogP contribution in [0, 0.1) is 0 Å². The summed E-state index contributed by atoms with van der Waals surface area (Å²) in [4.78, 5) is 18.4. The Morgan fingerprint density at radius 1 is 1.11 bits per heavy atom.